The molecule has 0 heterocycles. The van der Waals surface area contributed by atoms with E-state index in [-0.39, 0.29) is 5.97 Å². The first-order valence-corrected chi connectivity index (χ1v) is 6.24. The Morgan fingerprint density at radius 2 is 1.80 bits per heavy atom. The molecule has 4 heteroatoms. The highest BCUT2D eigenvalue weighted by Gasteiger charge is 2.06. The van der Waals surface area contributed by atoms with Crippen LogP contribution in [0.5, 0.6) is 0 Å². The minimum Gasteiger partial charge on any atom is -0.465 e. The molecule has 0 amide bonds. The van der Waals surface area contributed by atoms with E-state index in [1.807, 2.05) is 12.1 Å². The molecule has 1 aromatic carbocycles. The lowest BCUT2D eigenvalue weighted by Crippen LogP contribution is -2.02. The lowest BCUT2D eigenvalue weighted by molar-refractivity contribution is -0.137. The van der Waals surface area contributed by atoms with Gasteiger partial charge in [0.1, 0.15) is 0 Å². The molecular formula is C16H18O4. The van der Waals surface area contributed by atoms with Gasteiger partial charge in [-0.05, 0) is 36.1 Å². The molecule has 0 saturated carbocycles. The van der Waals surface area contributed by atoms with Crippen LogP contribution < -0.4 is 0 Å². The van der Waals surface area contributed by atoms with Gasteiger partial charge in [-0.15, -0.1) is 0 Å². The van der Waals surface area contributed by atoms with E-state index in [2.05, 4.69) is 17.9 Å². The number of carbonyl (C=O) groups excluding carboxylic acids is 2. The molecule has 0 fully saturated rings. The Kier molecular flexibility index (Phi) is 6.23. The van der Waals surface area contributed by atoms with Crippen LogP contribution in [0.25, 0.3) is 5.57 Å². The molecule has 0 spiro atoms. The summed E-state index contributed by atoms with van der Waals surface area (Å²) < 4.78 is 9.51. The normalized spacial score (nSPS) is 9.65. The first-order valence-electron chi connectivity index (χ1n) is 6.24. The van der Waals surface area contributed by atoms with Crippen LogP contribution in [0.2, 0.25) is 0 Å². The van der Waals surface area contributed by atoms with Crippen molar-refractivity contribution in [3.05, 3.63) is 54.6 Å². The van der Waals surface area contributed by atoms with E-state index in [1.165, 1.54) is 7.11 Å². The molecule has 0 aliphatic carbocycles. The number of allylic oxidation sites excluding steroid dienone is 1. The zero-order valence-corrected chi connectivity index (χ0v) is 11.6. The van der Waals surface area contributed by atoms with Gasteiger partial charge < -0.3 is 9.47 Å². The number of methoxy groups -OCH3 is 1. The third kappa shape index (κ3) is 4.72. The molecule has 0 radical (unpaired) electrons. The molecule has 0 atom stereocenters. The molecule has 20 heavy (non-hydrogen) atoms. The van der Waals surface area contributed by atoms with E-state index in [9.17, 15) is 9.59 Å². The molecule has 0 aromatic heterocycles. The van der Waals surface area contributed by atoms with Gasteiger partial charge >= 0.3 is 11.9 Å². The molecule has 0 saturated heterocycles. The maximum Gasteiger partial charge on any atom is 0.337 e. The number of esters is 2. The quantitative estimate of drug-likeness (QED) is 0.436. The second-order valence-corrected chi connectivity index (χ2v) is 4.15. The summed E-state index contributed by atoms with van der Waals surface area (Å²) in [6.07, 6.45) is 2.54. The van der Waals surface area contributed by atoms with Crippen LogP contribution >= 0.6 is 0 Å². The Hall–Kier alpha value is -2.36. The number of rotatable bonds is 7. The average Bonchev–Trinajstić information content (AvgIpc) is 2.50. The molecule has 0 aliphatic rings. The number of benzene rings is 1. The number of hydrogen-bond donors (Lipinski definition) is 0. The molecule has 0 bridgehead atoms. The Balaban J connectivity index is 2.45. The van der Waals surface area contributed by atoms with Crippen LogP contribution in [-0.2, 0) is 14.3 Å². The number of ether oxygens (including phenoxy) is 2. The molecule has 1 rings (SSSR count). The summed E-state index contributed by atoms with van der Waals surface area (Å²) in [5, 5.41) is 0. The minimum absolute atomic E-state index is 0.337. The highest BCUT2D eigenvalue weighted by molar-refractivity contribution is 5.89. The maximum absolute atomic E-state index is 11.3. The highest BCUT2D eigenvalue weighted by Crippen LogP contribution is 2.18. The van der Waals surface area contributed by atoms with Gasteiger partial charge in [0.25, 0.3) is 0 Å². The lowest BCUT2D eigenvalue weighted by atomic mass is 10.0. The van der Waals surface area contributed by atoms with Crippen LogP contribution in [0.15, 0.2) is 43.5 Å². The van der Waals surface area contributed by atoms with Gasteiger partial charge in [0.15, 0.2) is 0 Å². The second kappa shape index (κ2) is 7.94. The standard InChI is InChI=1S/C16H18O4/c1-4-15(17)20-11-5-6-12(2)13-7-9-14(10-8-13)16(18)19-3/h4,7-10H,1-2,5-6,11H2,3H3. The maximum atomic E-state index is 11.3. The lowest BCUT2D eigenvalue weighted by Gasteiger charge is -2.07. The number of carbonyl (C=O) groups is 2. The average molecular weight is 274 g/mol. The summed E-state index contributed by atoms with van der Waals surface area (Å²) in [6.45, 7) is 7.64. The van der Waals surface area contributed by atoms with Gasteiger partial charge in [-0.25, -0.2) is 9.59 Å². The van der Waals surface area contributed by atoms with E-state index in [4.69, 9.17) is 4.74 Å². The molecule has 1 aromatic rings. The van der Waals surface area contributed by atoms with Crippen molar-refractivity contribution in [2.45, 2.75) is 12.8 Å². The SMILES string of the molecule is C=CC(=O)OCCCC(=C)c1ccc(C(=O)OC)cc1. The monoisotopic (exact) mass is 274 g/mol. The zero-order valence-electron chi connectivity index (χ0n) is 11.6. The van der Waals surface area contributed by atoms with Crippen molar-refractivity contribution < 1.29 is 19.1 Å². The molecule has 0 N–H and O–H groups in total. The van der Waals surface area contributed by atoms with Crippen LogP contribution in [0.3, 0.4) is 0 Å². The Morgan fingerprint density at radius 1 is 1.20 bits per heavy atom. The fraction of sp³-hybridized carbons (Fsp3) is 0.250. The second-order valence-electron chi connectivity index (χ2n) is 4.15. The third-order valence-corrected chi connectivity index (χ3v) is 2.75. The zero-order chi connectivity index (χ0) is 15.0. The first-order chi connectivity index (χ1) is 9.58. The van der Waals surface area contributed by atoms with Gasteiger partial charge in [0.05, 0.1) is 19.3 Å². The summed E-state index contributed by atoms with van der Waals surface area (Å²) >= 11 is 0. The topological polar surface area (TPSA) is 52.6 Å². The predicted molar refractivity (Wildman–Crippen MR) is 77.2 cm³/mol. The van der Waals surface area contributed by atoms with E-state index in [0.717, 1.165) is 17.2 Å². The van der Waals surface area contributed by atoms with Crippen molar-refractivity contribution in [3.63, 3.8) is 0 Å². The summed E-state index contributed by atoms with van der Waals surface area (Å²) in [5.41, 5.74) is 2.38. The van der Waals surface area contributed by atoms with Crippen molar-refractivity contribution in [2.24, 2.45) is 0 Å². The van der Waals surface area contributed by atoms with Crippen molar-refractivity contribution in [2.75, 3.05) is 13.7 Å². The van der Waals surface area contributed by atoms with E-state index >= 15 is 0 Å². The van der Waals surface area contributed by atoms with Crippen molar-refractivity contribution >= 4 is 17.5 Å². The summed E-state index contributed by atoms with van der Waals surface area (Å²) in [7, 11) is 1.35. The largest absolute Gasteiger partial charge is 0.465 e. The fourth-order valence-corrected chi connectivity index (χ4v) is 1.62. The molecule has 106 valence electrons. The van der Waals surface area contributed by atoms with Crippen LogP contribution in [0.1, 0.15) is 28.8 Å². The van der Waals surface area contributed by atoms with Gasteiger partial charge in [-0.2, -0.15) is 0 Å². The van der Waals surface area contributed by atoms with Gasteiger partial charge in [0, 0.05) is 6.08 Å². The number of hydrogen-bond acceptors (Lipinski definition) is 4. The summed E-state index contributed by atoms with van der Waals surface area (Å²) in [4.78, 5) is 22.1. The summed E-state index contributed by atoms with van der Waals surface area (Å²) in [5.74, 6) is -0.781. The Bertz CT molecular complexity index is 500. The molecule has 4 nitrogen and oxygen atoms in total. The van der Waals surface area contributed by atoms with Crippen molar-refractivity contribution in [3.8, 4) is 0 Å². The third-order valence-electron chi connectivity index (χ3n) is 2.75. The highest BCUT2D eigenvalue weighted by atomic mass is 16.5. The van der Waals surface area contributed by atoms with Crippen molar-refractivity contribution in [1.29, 1.82) is 0 Å². The fourth-order valence-electron chi connectivity index (χ4n) is 1.62. The summed E-state index contributed by atoms with van der Waals surface area (Å²) in [6, 6.07) is 7.04. The van der Waals surface area contributed by atoms with Crippen LogP contribution in [-0.4, -0.2) is 25.7 Å². The van der Waals surface area contributed by atoms with Crippen LogP contribution in [0.4, 0.5) is 0 Å². The molecule has 0 aliphatic heterocycles. The predicted octanol–water partition coefficient (Wildman–Crippen LogP) is 3.00. The van der Waals surface area contributed by atoms with Crippen LogP contribution in [0, 0.1) is 0 Å². The van der Waals surface area contributed by atoms with E-state index < -0.39 is 5.97 Å². The molecular weight excluding hydrogens is 256 g/mol. The Morgan fingerprint density at radius 3 is 2.35 bits per heavy atom. The van der Waals surface area contributed by atoms with E-state index in [1.54, 1.807) is 12.1 Å². The Labute approximate surface area is 118 Å². The first kappa shape index (κ1) is 15.7. The van der Waals surface area contributed by atoms with Gasteiger partial charge in [-0.1, -0.05) is 25.3 Å². The molecule has 0 unspecified atom stereocenters. The van der Waals surface area contributed by atoms with E-state index in [0.29, 0.717) is 25.0 Å². The van der Waals surface area contributed by atoms with Crippen molar-refractivity contribution in [1.82, 2.24) is 0 Å². The minimum atomic E-state index is -0.418. The smallest absolute Gasteiger partial charge is 0.337 e. The van der Waals surface area contributed by atoms with Gasteiger partial charge in [-0.3, -0.25) is 0 Å². The van der Waals surface area contributed by atoms with Gasteiger partial charge in [0.2, 0.25) is 0 Å².